The lowest BCUT2D eigenvalue weighted by Crippen LogP contribution is -2.42. The van der Waals surface area contributed by atoms with Crippen LogP contribution in [-0.4, -0.2) is 31.3 Å². The van der Waals surface area contributed by atoms with Gasteiger partial charge in [-0.1, -0.05) is 6.42 Å². The Morgan fingerprint density at radius 2 is 2.05 bits per heavy atom. The molecule has 2 aromatic rings. The topological polar surface area (TPSA) is 94.0 Å². The quantitative estimate of drug-likeness (QED) is 0.926. The Morgan fingerprint density at radius 3 is 2.52 bits per heavy atom. The van der Waals surface area contributed by atoms with E-state index in [0.29, 0.717) is 25.2 Å². The molecule has 0 aliphatic heterocycles. The number of hydrogen-bond donors (Lipinski definition) is 1. The van der Waals surface area contributed by atoms with Crippen LogP contribution < -0.4 is 0 Å². The predicted molar refractivity (Wildman–Crippen MR) is 73.6 cm³/mol. The van der Waals surface area contributed by atoms with E-state index >= 15 is 0 Å². The maximum Gasteiger partial charge on any atom is 0.311 e. The molecule has 0 atom stereocenters. The second-order valence-corrected chi connectivity index (χ2v) is 5.81. The molecule has 2 aromatic heterocycles. The van der Waals surface area contributed by atoms with Crippen molar-refractivity contribution in [1.82, 2.24) is 20.2 Å². The summed E-state index contributed by atoms with van der Waals surface area (Å²) in [5, 5.41) is 21.2. The largest absolute Gasteiger partial charge is 0.481 e. The molecule has 21 heavy (non-hydrogen) atoms. The van der Waals surface area contributed by atoms with Crippen LogP contribution in [0.4, 0.5) is 0 Å². The lowest BCUT2D eigenvalue weighted by atomic mass is 9.69. The van der Waals surface area contributed by atoms with Crippen LogP contribution in [0.25, 0.3) is 11.4 Å². The van der Waals surface area contributed by atoms with Crippen LogP contribution >= 0.6 is 0 Å². The van der Waals surface area contributed by atoms with Crippen molar-refractivity contribution >= 4 is 5.97 Å². The second kappa shape index (κ2) is 4.68. The summed E-state index contributed by atoms with van der Waals surface area (Å²) in [5.41, 5.74) is 1.11. The summed E-state index contributed by atoms with van der Waals surface area (Å²) in [6.45, 7) is 6.01. The van der Waals surface area contributed by atoms with E-state index < -0.39 is 11.4 Å². The van der Waals surface area contributed by atoms with Gasteiger partial charge in [-0.15, -0.1) is 5.10 Å². The minimum atomic E-state index is -0.771. The number of rotatable bonds is 4. The average Bonchev–Trinajstić information content (AvgIpc) is 2.89. The first kappa shape index (κ1) is 13.8. The van der Waals surface area contributed by atoms with Gasteiger partial charge in [-0.25, -0.2) is 4.68 Å². The van der Waals surface area contributed by atoms with Gasteiger partial charge < -0.3 is 9.52 Å². The molecule has 1 fully saturated rings. The summed E-state index contributed by atoms with van der Waals surface area (Å²) in [7, 11) is 0. The summed E-state index contributed by atoms with van der Waals surface area (Å²) >= 11 is 0. The lowest BCUT2D eigenvalue weighted by Gasteiger charge is -2.37. The normalized spacial score (nSPS) is 16.7. The first-order valence-electron chi connectivity index (χ1n) is 7.01. The molecule has 0 spiro atoms. The van der Waals surface area contributed by atoms with Crippen LogP contribution in [0.1, 0.15) is 36.3 Å². The number of furan rings is 1. The Bertz CT molecular complexity index is 697. The van der Waals surface area contributed by atoms with E-state index in [1.807, 2.05) is 20.8 Å². The molecular weight excluding hydrogens is 272 g/mol. The molecule has 1 aliphatic carbocycles. The third-order valence-electron chi connectivity index (χ3n) is 4.53. The second-order valence-electron chi connectivity index (χ2n) is 5.81. The van der Waals surface area contributed by atoms with Crippen molar-refractivity contribution in [1.29, 1.82) is 0 Å². The molecule has 0 radical (unpaired) electrons. The molecule has 1 aliphatic rings. The fraction of sp³-hybridized carbons (Fsp3) is 0.571. The Hall–Kier alpha value is -2.18. The van der Waals surface area contributed by atoms with E-state index in [1.54, 1.807) is 4.68 Å². The van der Waals surface area contributed by atoms with Crippen LogP contribution in [0.2, 0.25) is 0 Å². The first-order valence-corrected chi connectivity index (χ1v) is 7.01. The third-order valence-corrected chi connectivity index (χ3v) is 4.53. The Balaban J connectivity index is 2.00. The zero-order valence-corrected chi connectivity index (χ0v) is 12.4. The number of hydrogen-bond acceptors (Lipinski definition) is 5. The molecule has 0 amide bonds. The summed E-state index contributed by atoms with van der Waals surface area (Å²) < 4.78 is 7.21. The highest BCUT2D eigenvalue weighted by Crippen LogP contribution is 2.43. The molecule has 2 heterocycles. The number of carboxylic acids is 1. The molecule has 1 saturated carbocycles. The van der Waals surface area contributed by atoms with Crippen molar-refractivity contribution < 1.29 is 14.3 Å². The number of carbonyl (C=O) groups is 1. The van der Waals surface area contributed by atoms with E-state index in [-0.39, 0.29) is 0 Å². The number of nitrogens with zero attached hydrogens (tertiary/aromatic N) is 4. The highest BCUT2D eigenvalue weighted by Gasteiger charge is 2.45. The van der Waals surface area contributed by atoms with E-state index in [0.717, 1.165) is 29.1 Å². The van der Waals surface area contributed by atoms with Crippen LogP contribution in [0.15, 0.2) is 4.42 Å². The smallest absolute Gasteiger partial charge is 0.311 e. The van der Waals surface area contributed by atoms with Gasteiger partial charge in [-0.3, -0.25) is 4.79 Å². The van der Waals surface area contributed by atoms with Gasteiger partial charge >= 0.3 is 5.97 Å². The Morgan fingerprint density at radius 1 is 1.33 bits per heavy atom. The van der Waals surface area contributed by atoms with Gasteiger partial charge in [0, 0.05) is 5.56 Å². The molecule has 0 unspecified atom stereocenters. The monoisotopic (exact) mass is 290 g/mol. The van der Waals surface area contributed by atoms with E-state index in [2.05, 4.69) is 15.5 Å². The molecular formula is C14H18N4O3. The van der Waals surface area contributed by atoms with Crippen molar-refractivity contribution in [3.05, 3.63) is 17.1 Å². The van der Waals surface area contributed by atoms with Gasteiger partial charge in [0.2, 0.25) is 0 Å². The first-order chi connectivity index (χ1) is 9.94. The van der Waals surface area contributed by atoms with Crippen LogP contribution in [0.3, 0.4) is 0 Å². The van der Waals surface area contributed by atoms with E-state index in [1.165, 1.54) is 0 Å². The van der Waals surface area contributed by atoms with Crippen molar-refractivity contribution in [3.8, 4) is 11.4 Å². The molecule has 7 nitrogen and oxygen atoms in total. The number of tetrazole rings is 1. The van der Waals surface area contributed by atoms with Gasteiger partial charge in [0.25, 0.3) is 0 Å². The van der Waals surface area contributed by atoms with Crippen LogP contribution in [-0.2, 0) is 11.3 Å². The molecule has 7 heteroatoms. The van der Waals surface area contributed by atoms with Crippen molar-refractivity contribution in [2.75, 3.05) is 0 Å². The van der Waals surface area contributed by atoms with Gasteiger partial charge in [-0.2, -0.15) is 0 Å². The maximum atomic E-state index is 11.5. The maximum absolute atomic E-state index is 11.5. The molecule has 3 rings (SSSR count). The van der Waals surface area contributed by atoms with Gasteiger partial charge in [0.15, 0.2) is 5.82 Å². The Labute approximate surface area is 122 Å². The predicted octanol–water partition coefficient (Wildman–Crippen LogP) is 2.11. The van der Waals surface area contributed by atoms with Gasteiger partial charge in [0.05, 0.1) is 17.5 Å². The number of aryl methyl sites for hydroxylation is 2. The molecule has 0 saturated heterocycles. The fourth-order valence-corrected chi connectivity index (χ4v) is 2.94. The highest BCUT2D eigenvalue weighted by molar-refractivity contribution is 5.75. The summed E-state index contributed by atoms with van der Waals surface area (Å²) in [6, 6.07) is 0. The van der Waals surface area contributed by atoms with E-state index in [4.69, 9.17) is 4.42 Å². The van der Waals surface area contributed by atoms with Crippen molar-refractivity contribution in [3.63, 3.8) is 0 Å². The summed E-state index contributed by atoms with van der Waals surface area (Å²) in [5.74, 6) is 1.38. The van der Waals surface area contributed by atoms with Gasteiger partial charge in [0.1, 0.15) is 11.5 Å². The zero-order chi connectivity index (χ0) is 15.2. The lowest BCUT2D eigenvalue weighted by molar-refractivity contribution is -0.156. The molecule has 0 aromatic carbocycles. The van der Waals surface area contributed by atoms with Crippen LogP contribution in [0, 0.1) is 26.2 Å². The SMILES string of the molecule is Cc1oc(C)c(-c2nnnn2CC2(C(=O)O)CCC2)c1C. The minimum absolute atomic E-state index is 0.299. The molecule has 0 bridgehead atoms. The number of carboxylic acid groups (broad SMARTS) is 1. The number of aromatic nitrogens is 4. The minimum Gasteiger partial charge on any atom is -0.481 e. The van der Waals surface area contributed by atoms with E-state index in [9.17, 15) is 9.90 Å². The third kappa shape index (κ3) is 2.03. The standard InChI is InChI=1S/C14H18N4O3/c1-8-9(2)21-10(3)11(8)12-15-16-17-18(12)7-14(13(19)20)5-4-6-14/h4-7H2,1-3H3,(H,19,20). The zero-order valence-electron chi connectivity index (χ0n) is 12.4. The van der Waals surface area contributed by atoms with Crippen LogP contribution in [0.5, 0.6) is 0 Å². The Kier molecular flexibility index (Phi) is 3.07. The molecule has 1 N–H and O–H groups in total. The summed E-state index contributed by atoms with van der Waals surface area (Å²) in [6.07, 6.45) is 2.28. The highest BCUT2D eigenvalue weighted by atomic mass is 16.4. The molecule has 112 valence electrons. The van der Waals surface area contributed by atoms with Gasteiger partial charge in [-0.05, 0) is 44.0 Å². The fourth-order valence-electron chi connectivity index (χ4n) is 2.94. The van der Waals surface area contributed by atoms with Crippen molar-refractivity contribution in [2.24, 2.45) is 5.41 Å². The summed E-state index contributed by atoms with van der Waals surface area (Å²) in [4.78, 5) is 11.5. The van der Waals surface area contributed by atoms with Crippen molar-refractivity contribution in [2.45, 2.75) is 46.6 Å². The average molecular weight is 290 g/mol. The number of aliphatic carboxylic acids is 1.